The lowest BCUT2D eigenvalue weighted by Crippen LogP contribution is -2.11. The van der Waals surface area contributed by atoms with Crippen molar-refractivity contribution in [1.82, 2.24) is 24.9 Å². The molecule has 0 amide bonds. The Hall–Kier alpha value is -10.5. The normalized spacial score (nSPS) is 25.6. The third-order valence-electron chi connectivity index (χ3n) is 14.4. The Kier molecular flexibility index (Phi) is 20.2. The summed E-state index contributed by atoms with van der Waals surface area (Å²) in [6, 6.07) is 19.0. The van der Waals surface area contributed by atoms with Crippen molar-refractivity contribution in [2.75, 3.05) is 94.7 Å². The minimum atomic E-state index is 0.154. The van der Waals surface area contributed by atoms with Crippen molar-refractivity contribution in [2.24, 2.45) is 49.9 Å². The molecule has 95 heavy (non-hydrogen) atoms. The minimum absolute atomic E-state index is 0.154. The highest BCUT2D eigenvalue weighted by Crippen LogP contribution is 2.24. The zero-order valence-electron chi connectivity index (χ0n) is 54.8. The Labute approximate surface area is 549 Å². The fourth-order valence-electron chi connectivity index (χ4n) is 10.00. The summed E-state index contributed by atoms with van der Waals surface area (Å²) in [5, 5.41) is 0. The first kappa shape index (κ1) is 65.9. The van der Waals surface area contributed by atoms with E-state index in [2.05, 4.69) is 74.8 Å². The van der Waals surface area contributed by atoms with E-state index in [1.54, 1.807) is 60.7 Å². The van der Waals surface area contributed by atoms with Gasteiger partial charge >= 0.3 is 0 Å². The van der Waals surface area contributed by atoms with Crippen molar-refractivity contribution < 1.29 is 47.4 Å². The summed E-state index contributed by atoms with van der Waals surface area (Å²) in [5.74, 6) is 5.35. The number of ether oxygens (including phenoxy) is 10. The maximum absolute atomic E-state index is 5.90. The molecular formula is C65H80N20O10. The second kappa shape index (κ2) is 29.2. The van der Waals surface area contributed by atoms with Crippen LogP contribution in [0.1, 0.15) is 126 Å². The van der Waals surface area contributed by atoms with E-state index in [1.807, 2.05) is 69.2 Å². The van der Waals surface area contributed by atoms with E-state index in [9.17, 15) is 0 Å². The van der Waals surface area contributed by atoms with Gasteiger partial charge in [0.15, 0.2) is 0 Å². The summed E-state index contributed by atoms with van der Waals surface area (Å²) in [5.41, 5.74) is 38.8. The molecule has 15 rings (SSSR count). The van der Waals surface area contributed by atoms with Crippen LogP contribution in [0.3, 0.4) is 0 Å². The Morgan fingerprint density at radius 1 is 0.200 bits per heavy atom. The Morgan fingerprint density at radius 2 is 0.295 bits per heavy atom. The van der Waals surface area contributed by atoms with Gasteiger partial charge in [-0.3, -0.25) is 0 Å². The summed E-state index contributed by atoms with van der Waals surface area (Å²) in [6.45, 7) is 25.7. The van der Waals surface area contributed by atoms with Gasteiger partial charge in [0.2, 0.25) is 59.0 Å². The number of hydrogen-bond donors (Lipinski definition) is 5. The van der Waals surface area contributed by atoms with Gasteiger partial charge in [-0.25, -0.2) is 74.8 Å². The Balaban J connectivity index is 0.000000121. The zero-order valence-corrected chi connectivity index (χ0v) is 54.8. The largest absolute Gasteiger partial charge is 0.474 e. The fourth-order valence-corrected chi connectivity index (χ4v) is 10.00. The molecular weight excluding hydrogens is 1220 g/mol. The number of aromatic nitrogens is 5. The molecule has 10 aliphatic heterocycles. The molecule has 0 saturated heterocycles. The first-order chi connectivity index (χ1) is 45.6. The van der Waals surface area contributed by atoms with Crippen LogP contribution in [0, 0.1) is 0 Å². The molecule has 5 aromatic heterocycles. The van der Waals surface area contributed by atoms with Gasteiger partial charge in [-0.2, -0.15) is 0 Å². The molecule has 0 aliphatic carbocycles. The molecule has 0 spiro atoms. The highest BCUT2D eigenvalue weighted by Gasteiger charge is 2.29. The molecule has 500 valence electrons. The molecule has 0 bridgehead atoms. The monoisotopic (exact) mass is 1300 g/mol. The van der Waals surface area contributed by atoms with Crippen LogP contribution in [0.5, 0.6) is 0 Å². The van der Waals surface area contributed by atoms with Gasteiger partial charge in [-0.15, -0.1) is 0 Å². The van der Waals surface area contributed by atoms with Gasteiger partial charge in [-0.05, 0) is 130 Å². The second-order valence-electron chi connectivity index (χ2n) is 24.3. The predicted octanol–water partition coefficient (Wildman–Crippen LogP) is 4.97. The maximum Gasteiger partial charge on any atom is 0.235 e. The van der Waals surface area contributed by atoms with Crippen molar-refractivity contribution in [3.05, 3.63) is 118 Å². The van der Waals surface area contributed by atoms with E-state index < -0.39 is 0 Å². The molecule has 10 atom stereocenters. The van der Waals surface area contributed by atoms with Crippen molar-refractivity contribution >= 4 is 87.4 Å². The summed E-state index contributed by atoms with van der Waals surface area (Å²) >= 11 is 0. The SMILES string of the molecule is C[C@H]1COC(c2cc(N)cc(C3=N[C@@H](C)CO3)n2)=N1.C[C@H]1COC(c2cc(N)cc(C3=N[C@@H](C)CO3)n2)=N1.C[C@H]1COC(c2cc(N)cc(C3=N[C@@H](C)CO3)n2)=N1.C[C@H]1COC(c2cc(N)cc(C3=N[C@@H](C)CO3)n2)=N1.C[C@H]1COC(c2cc(N)cc(C3=N[C@@H](C)CO3)n2)=N1. The number of rotatable bonds is 10. The molecule has 10 N–H and O–H groups in total. The quantitative estimate of drug-likeness (QED) is 0.123. The smallest absolute Gasteiger partial charge is 0.235 e. The lowest BCUT2D eigenvalue weighted by atomic mass is 10.2. The van der Waals surface area contributed by atoms with Crippen LogP contribution in [0.4, 0.5) is 28.4 Å². The maximum atomic E-state index is 5.90. The van der Waals surface area contributed by atoms with Gasteiger partial charge < -0.3 is 76.0 Å². The van der Waals surface area contributed by atoms with Crippen LogP contribution in [0.15, 0.2) is 111 Å². The second-order valence-corrected chi connectivity index (χ2v) is 24.3. The molecule has 0 fully saturated rings. The molecule has 30 heteroatoms. The van der Waals surface area contributed by atoms with Crippen molar-refractivity contribution in [2.45, 2.75) is 130 Å². The fraction of sp³-hybridized carbons (Fsp3) is 0.462. The molecule has 30 nitrogen and oxygen atoms in total. The van der Waals surface area contributed by atoms with Gasteiger partial charge in [0.05, 0.1) is 60.4 Å². The van der Waals surface area contributed by atoms with Crippen LogP contribution in [0.25, 0.3) is 0 Å². The average molecular weight is 1300 g/mol. The molecule has 0 aromatic carbocycles. The molecule has 0 saturated carbocycles. The third-order valence-corrected chi connectivity index (χ3v) is 14.4. The van der Waals surface area contributed by atoms with Crippen molar-refractivity contribution in [3.63, 3.8) is 0 Å². The van der Waals surface area contributed by atoms with Gasteiger partial charge in [-0.1, -0.05) is 0 Å². The number of nitrogens with zero attached hydrogens (tertiary/aromatic N) is 15. The van der Waals surface area contributed by atoms with Gasteiger partial charge in [0, 0.05) is 28.4 Å². The summed E-state index contributed by atoms with van der Waals surface area (Å²) in [7, 11) is 0. The standard InChI is InChI=1S/5C13H16N4O2/c5*1-7-5-18-12(15-7)10-3-9(14)4-11(17-10)13-16-8(2)6-19-13/h5*3-4,7-8H,5-6H2,1-2H3,(H2,14,17)/t5*7-,8-/m00000/s1. The van der Waals surface area contributed by atoms with Gasteiger partial charge in [0.1, 0.15) is 123 Å². The van der Waals surface area contributed by atoms with Crippen LogP contribution in [0.2, 0.25) is 0 Å². The number of nitrogens with two attached hydrogens (primary N) is 5. The van der Waals surface area contributed by atoms with Crippen molar-refractivity contribution in [1.29, 1.82) is 0 Å². The van der Waals surface area contributed by atoms with E-state index in [-0.39, 0.29) is 60.4 Å². The molecule has 5 aromatic rings. The van der Waals surface area contributed by atoms with Crippen LogP contribution >= 0.6 is 0 Å². The van der Waals surface area contributed by atoms with Crippen LogP contribution < -0.4 is 28.7 Å². The third kappa shape index (κ3) is 17.2. The summed E-state index contributed by atoms with van der Waals surface area (Å²) in [4.78, 5) is 66.2. The first-order valence-electron chi connectivity index (χ1n) is 31.6. The van der Waals surface area contributed by atoms with E-state index in [1.165, 1.54) is 0 Å². The van der Waals surface area contributed by atoms with Crippen LogP contribution in [-0.4, -0.2) is 210 Å². The predicted molar refractivity (Wildman–Crippen MR) is 363 cm³/mol. The topological polar surface area (TPSA) is 410 Å². The minimum Gasteiger partial charge on any atom is -0.474 e. The first-order valence-corrected chi connectivity index (χ1v) is 31.6. The number of hydrogen-bond acceptors (Lipinski definition) is 30. The molecule has 0 unspecified atom stereocenters. The Morgan fingerprint density at radius 3 is 0.368 bits per heavy atom. The van der Waals surface area contributed by atoms with Gasteiger partial charge in [0.25, 0.3) is 0 Å². The Bertz CT molecular complexity index is 3200. The lowest BCUT2D eigenvalue weighted by molar-refractivity contribution is 0.321. The number of aliphatic imine (C=N–C) groups is 10. The van der Waals surface area contributed by atoms with E-state index in [4.69, 9.17) is 76.0 Å². The van der Waals surface area contributed by atoms with E-state index in [0.717, 1.165) is 0 Å². The van der Waals surface area contributed by atoms with E-state index >= 15 is 0 Å². The van der Waals surface area contributed by atoms with Crippen LogP contribution in [-0.2, 0) is 47.4 Å². The zero-order chi connectivity index (χ0) is 67.0. The highest BCUT2D eigenvalue weighted by atomic mass is 16.5. The number of pyridine rings is 5. The van der Waals surface area contributed by atoms with E-state index in [0.29, 0.717) is 210 Å². The van der Waals surface area contributed by atoms with Crippen molar-refractivity contribution in [3.8, 4) is 0 Å². The summed E-state index contributed by atoms with van der Waals surface area (Å²) < 4.78 is 55.0. The summed E-state index contributed by atoms with van der Waals surface area (Å²) in [6.07, 6.45) is 0. The number of nitrogen functional groups attached to an aromatic ring is 5. The lowest BCUT2D eigenvalue weighted by Gasteiger charge is -2.06. The average Bonchev–Trinajstić information content (AvgIpc) is 1.82. The molecule has 10 aliphatic rings. The molecule has 0 radical (unpaired) electrons. The molecule has 15 heterocycles. The highest BCUT2D eigenvalue weighted by molar-refractivity contribution is 6.02. The number of anilines is 5.